The molecule has 1 aromatic carbocycles. The maximum atomic E-state index is 5.10. The first-order valence-electron chi connectivity index (χ1n) is 6.27. The van der Waals surface area contributed by atoms with E-state index in [0.717, 1.165) is 25.3 Å². The molecule has 0 radical (unpaired) electrons. The highest BCUT2D eigenvalue weighted by Gasteiger charge is 2.11. The zero-order valence-corrected chi connectivity index (χ0v) is 11.8. The van der Waals surface area contributed by atoms with Gasteiger partial charge >= 0.3 is 0 Å². The van der Waals surface area contributed by atoms with Crippen LogP contribution in [0, 0.1) is 0 Å². The number of benzene rings is 1. The van der Waals surface area contributed by atoms with Crippen LogP contribution in [0.5, 0.6) is 0 Å². The summed E-state index contributed by atoms with van der Waals surface area (Å²) in [5.41, 5.74) is 1.41. The van der Waals surface area contributed by atoms with Crippen LogP contribution in [0.1, 0.15) is 31.9 Å². The van der Waals surface area contributed by atoms with Crippen LogP contribution in [-0.4, -0.2) is 26.0 Å². The Bertz CT molecular complexity index is 317. The lowest BCUT2D eigenvalue weighted by Gasteiger charge is -2.19. The monoisotopic (exact) mass is 253 g/mol. The Balaban J connectivity index is 2.74. The number of methoxy groups -OCH3 is 1. The fraction of sp³-hybridized carbons (Fsp3) is 0.571. The lowest BCUT2D eigenvalue weighted by molar-refractivity contribution is 0.218. The van der Waals surface area contributed by atoms with Gasteiger partial charge in [-0.2, -0.15) is 0 Å². The maximum absolute atomic E-state index is 5.10. The Kier molecular flexibility index (Phi) is 7.33. The van der Waals surface area contributed by atoms with Crippen molar-refractivity contribution in [2.45, 2.75) is 31.2 Å². The molecule has 1 rings (SSSR count). The molecular formula is C14H23NOS. The van der Waals surface area contributed by atoms with Crippen LogP contribution < -0.4 is 5.32 Å². The molecular weight excluding hydrogens is 230 g/mol. The second-order valence-electron chi connectivity index (χ2n) is 3.90. The number of nitrogens with one attached hydrogen (secondary N) is 1. The van der Waals surface area contributed by atoms with Crippen molar-refractivity contribution in [3.05, 3.63) is 29.8 Å². The molecule has 0 spiro atoms. The van der Waals surface area contributed by atoms with Gasteiger partial charge in [-0.3, -0.25) is 0 Å². The molecule has 3 heteroatoms. The summed E-state index contributed by atoms with van der Waals surface area (Å²) in [4.78, 5) is 1.37. The number of hydrogen-bond donors (Lipinski definition) is 1. The van der Waals surface area contributed by atoms with E-state index in [1.165, 1.54) is 10.5 Å². The first-order chi connectivity index (χ1) is 8.33. The van der Waals surface area contributed by atoms with Gasteiger partial charge < -0.3 is 10.1 Å². The van der Waals surface area contributed by atoms with E-state index < -0.39 is 0 Å². The third kappa shape index (κ3) is 4.70. The number of hydrogen-bond acceptors (Lipinski definition) is 3. The Hall–Kier alpha value is -0.510. The summed E-state index contributed by atoms with van der Waals surface area (Å²) in [6.45, 7) is 6.19. The van der Waals surface area contributed by atoms with Crippen LogP contribution in [0.3, 0.4) is 0 Å². The van der Waals surface area contributed by atoms with Crippen LogP contribution in [0.2, 0.25) is 0 Å². The van der Waals surface area contributed by atoms with Gasteiger partial charge in [-0.05, 0) is 24.6 Å². The first kappa shape index (κ1) is 14.6. The highest BCUT2D eigenvalue weighted by Crippen LogP contribution is 2.28. The molecule has 0 saturated carbocycles. The molecule has 0 heterocycles. The van der Waals surface area contributed by atoms with Crippen LogP contribution in [0.4, 0.5) is 0 Å². The predicted octanol–water partition coefficient (Wildman–Crippen LogP) is 3.49. The average molecular weight is 253 g/mol. The molecule has 0 amide bonds. The van der Waals surface area contributed by atoms with Gasteiger partial charge in [-0.15, -0.1) is 11.8 Å². The SMILES string of the molecule is CCNC(CC)c1ccccc1SCCOC. The van der Waals surface area contributed by atoms with E-state index in [-0.39, 0.29) is 0 Å². The van der Waals surface area contributed by atoms with Crippen LogP contribution >= 0.6 is 11.8 Å². The van der Waals surface area contributed by atoms with E-state index in [9.17, 15) is 0 Å². The van der Waals surface area contributed by atoms with Crippen molar-refractivity contribution in [2.75, 3.05) is 26.0 Å². The second kappa shape index (κ2) is 8.56. The average Bonchev–Trinajstić information content (AvgIpc) is 2.37. The molecule has 2 nitrogen and oxygen atoms in total. The van der Waals surface area contributed by atoms with E-state index in [4.69, 9.17) is 4.74 Å². The second-order valence-corrected chi connectivity index (χ2v) is 5.03. The van der Waals surface area contributed by atoms with Gasteiger partial charge in [0.1, 0.15) is 0 Å². The minimum absolute atomic E-state index is 0.464. The third-order valence-corrected chi connectivity index (χ3v) is 3.75. The Morgan fingerprint density at radius 2 is 2.06 bits per heavy atom. The van der Waals surface area contributed by atoms with E-state index >= 15 is 0 Å². The lowest BCUT2D eigenvalue weighted by Crippen LogP contribution is -2.20. The summed E-state index contributed by atoms with van der Waals surface area (Å²) >= 11 is 1.88. The topological polar surface area (TPSA) is 21.3 Å². The van der Waals surface area contributed by atoms with Crippen molar-refractivity contribution >= 4 is 11.8 Å². The molecule has 1 atom stereocenters. The van der Waals surface area contributed by atoms with Crippen molar-refractivity contribution in [2.24, 2.45) is 0 Å². The summed E-state index contributed by atoms with van der Waals surface area (Å²) in [6, 6.07) is 9.13. The van der Waals surface area contributed by atoms with Crippen molar-refractivity contribution in [1.82, 2.24) is 5.32 Å². The van der Waals surface area contributed by atoms with E-state index in [1.54, 1.807) is 7.11 Å². The Labute approximate surface area is 109 Å². The maximum Gasteiger partial charge on any atom is 0.0556 e. The Morgan fingerprint density at radius 1 is 1.29 bits per heavy atom. The summed E-state index contributed by atoms with van der Waals surface area (Å²) in [5.74, 6) is 1.01. The molecule has 1 unspecified atom stereocenters. The predicted molar refractivity (Wildman–Crippen MR) is 75.8 cm³/mol. The molecule has 96 valence electrons. The van der Waals surface area contributed by atoms with Crippen LogP contribution in [0.15, 0.2) is 29.2 Å². The standard InChI is InChI=1S/C14H23NOS/c1-4-13(15-5-2)12-8-6-7-9-14(12)17-11-10-16-3/h6-9,13,15H,4-5,10-11H2,1-3H3. The van der Waals surface area contributed by atoms with Gasteiger partial charge in [0.25, 0.3) is 0 Å². The van der Waals surface area contributed by atoms with Crippen LogP contribution in [0.25, 0.3) is 0 Å². The molecule has 0 aliphatic heterocycles. The van der Waals surface area contributed by atoms with Gasteiger partial charge in [-0.1, -0.05) is 32.0 Å². The van der Waals surface area contributed by atoms with E-state index in [0.29, 0.717) is 6.04 Å². The van der Waals surface area contributed by atoms with Gasteiger partial charge in [0, 0.05) is 23.8 Å². The number of ether oxygens (including phenoxy) is 1. The van der Waals surface area contributed by atoms with Gasteiger partial charge in [0.15, 0.2) is 0 Å². The molecule has 1 N–H and O–H groups in total. The molecule has 0 aliphatic carbocycles. The fourth-order valence-electron chi connectivity index (χ4n) is 1.86. The smallest absolute Gasteiger partial charge is 0.0556 e. The summed E-state index contributed by atoms with van der Waals surface area (Å²) in [7, 11) is 1.75. The molecule has 0 bridgehead atoms. The molecule has 0 aromatic heterocycles. The summed E-state index contributed by atoms with van der Waals surface area (Å²) in [6.07, 6.45) is 1.12. The zero-order valence-electron chi connectivity index (χ0n) is 11.0. The van der Waals surface area contributed by atoms with Gasteiger partial charge in [0.2, 0.25) is 0 Å². The molecule has 0 saturated heterocycles. The highest BCUT2D eigenvalue weighted by atomic mass is 32.2. The Morgan fingerprint density at radius 3 is 2.71 bits per heavy atom. The largest absolute Gasteiger partial charge is 0.384 e. The normalized spacial score (nSPS) is 12.6. The van der Waals surface area contributed by atoms with Crippen molar-refractivity contribution in [3.63, 3.8) is 0 Å². The third-order valence-electron chi connectivity index (χ3n) is 2.70. The molecule has 1 aromatic rings. The first-order valence-corrected chi connectivity index (χ1v) is 7.26. The minimum Gasteiger partial charge on any atom is -0.384 e. The molecule has 0 fully saturated rings. The summed E-state index contributed by atoms with van der Waals surface area (Å²) in [5, 5.41) is 3.53. The van der Waals surface area contributed by atoms with Crippen molar-refractivity contribution in [3.8, 4) is 0 Å². The van der Waals surface area contributed by atoms with Gasteiger partial charge in [0.05, 0.1) is 6.61 Å². The van der Waals surface area contributed by atoms with Crippen LogP contribution in [-0.2, 0) is 4.74 Å². The summed E-state index contributed by atoms with van der Waals surface area (Å²) < 4.78 is 5.10. The lowest BCUT2D eigenvalue weighted by atomic mass is 10.0. The quantitative estimate of drug-likeness (QED) is 0.566. The van der Waals surface area contributed by atoms with Crippen molar-refractivity contribution in [1.29, 1.82) is 0 Å². The highest BCUT2D eigenvalue weighted by molar-refractivity contribution is 7.99. The van der Waals surface area contributed by atoms with Gasteiger partial charge in [-0.25, -0.2) is 0 Å². The van der Waals surface area contributed by atoms with E-state index in [1.807, 2.05) is 11.8 Å². The number of rotatable bonds is 8. The zero-order chi connectivity index (χ0) is 12.5. The molecule has 17 heavy (non-hydrogen) atoms. The van der Waals surface area contributed by atoms with Crippen molar-refractivity contribution < 1.29 is 4.74 Å². The van der Waals surface area contributed by atoms with E-state index in [2.05, 4.69) is 43.4 Å². The minimum atomic E-state index is 0.464. The number of thioether (sulfide) groups is 1. The molecule has 0 aliphatic rings. The fourth-order valence-corrected chi connectivity index (χ4v) is 2.88.